The maximum absolute atomic E-state index is 13.0. The highest BCUT2D eigenvalue weighted by atomic mass is 35.5. The lowest BCUT2D eigenvalue weighted by Gasteiger charge is -2.34. The number of phenolic OH excluding ortho intramolecular Hbond substituents is 1. The molecular formula is C33H33ClN2O9. The molecule has 12 heteroatoms. The van der Waals surface area contributed by atoms with Gasteiger partial charge in [0.2, 0.25) is 0 Å². The first-order valence-corrected chi connectivity index (χ1v) is 14.8. The van der Waals surface area contributed by atoms with Crippen LogP contribution in [0.25, 0.3) is 22.3 Å². The van der Waals surface area contributed by atoms with E-state index in [1.807, 2.05) is 24.3 Å². The Kier molecular flexibility index (Phi) is 10.1. The smallest absolute Gasteiger partial charge is 0.344 e. The monoisotopic (exact) mass is 636 g/mol. The topological polar surface area (TPSA) is 128 Å². The summed E-state index contributed by atoms with van der Waals surface area (Å²) in [5, 5.41) is 11.3. The number of phenols is 1. The Labute approximate surface area is 264 Å². The van der Waals surface area contributed by atoms with Crippen LogP contribution in [-0.4, -0.2) is 79.9 Å². The van der Waals surface area contributed by atoms with Gasteiger partial charge in [0, 0.05) is 61.5 Å². The number of benzene rings is 3. The zero-order chi connectivity index (χ0) is 31.9. The minimum absolute atomic E-state index is 0.0264. The van der Waals surface area contributed by atoms with Gasteiger partial charge < -0.3 is 33.4 Å². The van der Waals surface area contributed by atoms with Gasteiger partial charge in [0.25, 0.3) is 5.91 Å². The number of esters is 1. The first-order valence-electron chi connectivity index (χ1n) is 14.4. The van der Waals surface area contributed by atoms with Gasteiger partial charge in [0.05, 0.1) is 13.7 Å². The Balaban J connectivity index is 1.26. The Morgan fingerprint density at radius 2 is 1.69 bits per heavy atom. The standard InChI is InChI=1S/C33H33ClN2O9/c1-3-42-32(40)20-44-29-14-22(6-9-27(29)41-2)28-17-26(38)33-25(37)15-24(16-30(33)45-28)43-19-31(39)36-12-10-35(11-13-36)18-21-4-7-23(34)8-5-21/h4-9,14-17,37H,3,10-13,18-20H2,1-2H3. The molecule has 11 nitrogen and oxygen atoms in total. The molecule has 5 rings (SSSR count). The normalized spacial score (nSPS) is 13.4. The lowest BCUT2D eigenvalue weighted by molar-refractivity contribution is -0.145. The van der Waals surface area contributed by atoms with Crippen LogP contribution in [0, 0.1) is 0 Å². The number of rotatable bonds is 11. The van der Waals surface area contributed by atoms with E-state index in [1.165, 1.54) is 25.3 Å². The SMILES string of the molecule is CCOC(=O)COc1cc(-c2cc(=O)c3c(O)cc(OCC(=O)N4CCN(Cc5ccc(Cl)cc5)CC4)cc3o2)ccc1OC. The fraction of sp³-hybridized carbons (Fsp3) is 0.303. The largest absolute Gasteiger partial charge is 0.507 e. The quantitative estimate of drug-likeness (QED) is 0.235. The predicted octanol–water partition coefficient (Wildman–Crippen LogP) is 4.49. The summed E-state index contributed by atoms with van der Waals surface area (Å²) in [6, 6.07) is 16.5. The van der Waals surface area contributed by atoms with Crippen molar-refractivity contribution in [2.45, 2.75) is 13.5 Å². The van der Waals surface area contributed by atoms with Crippen LogP contribution in [0.15, 0.2) is 69.9 Å². The van der Waals surface area contributed by atoms with Crippen LogP contribution < -0.4 is 19.6 Å². The summed E-state index contributed by atoms with van der Waals surface area (Å²) in [6.45, 7) is 4.68. The van der Waals surface area contributed by atoms with Crippen LogP contribution >= 0.6 is 11.6 Å². The van der Waals surface area contributed by atoms with Gasteiger partial charge in [-0.05, 0) is 42.8 Å². The van der Waals surface area contributed by atoms with E-state index >= 15 is 0 Å². The van der Waals surface area contributed by atoms with Crippen LogP contribution in [0.3, 0.4) is 0 Å². The second kappa shape index (κ2) is 14.4. The number of carbonyl (C=O) groups is 2. The van der Waals surface area contributed by atoms with Crippen molar-refractivity contribution in [3.05, 3.63) is 81.5 Å². The summed E-state index contributed by atoms with van der Waals surface area (Å²) in [4.78, 5) is 41.7. The summed E-state index contributed by atoms with van der Waals surface area (Å²) in [5.41, 5.74) is 1.21. The van der Waals surface area contributed by atoms with E-state index in [0.29, 0.717) is 29.4 Å². The molecule has 0 unspecified atom stereocenters. The minimum atomic E-state index is -0.542. The number of ether oxygens (including phenoxy) is 4. The van der Waals surface area contributed by atoms with Gasteiger partial charge in [0.1, 0.15) is 28.2 Å². The van der Waals surface area contributed by atoms with Gasteiger partial charge in [-0.3, -0.25) is 14.5 Å². The van der Waals surface area contributed by atoms with Gasteiger partial charge in [-0.2, -0.15) is 0 Å². The molecule has 0 spiro atoms. The molecule has 2 heterocycles. The Hall–Kier alpha value is -4.74. The van der Waals surface area contributed by atoms with Crippen molar-refractivity contribution < 1.29 is 38.1 Å². The van der Waals surface area contributed by atoms with Gasteiger partial charge >= 0.3 is 5.97 Å². The van der Waals surface area contributed by atoms with Crippen LogP contribution in [0.4, 0.5) is 0 Å². The molecule has 1 saturated heterocycles. The molecular weight excluding hydrogens is 604 g/mol. The van der Waals surface area contributed by atoms with Crippen molar-refractivity contribution in [1.82, 2.24) is 9.80 Å². The van der Waals surface area contributed by atoms with E-state index in [2.05, 4.69) is 4.90 Å². The Morgan fingerprint density at radius 3 is 2.40 bits per heavy atom. The zero-order valence-corrected chi connectivity index (χ0v) is 25.7. The Bertz CT molecular complexity index is 1730. The molecule has 1 amide bonds. The van der Waals surface area contributed by atoms with Gasteiger partial charge in [-0.15, -0.1) is 0 Å². The van der Waals surface area contributed by atoms with E-state index < -0.39 is 11.4 Å². The van der Waals surface area contributed by atoms with E-state index in [9.17, 15) is 19.5 Å². The zero-order valence-electron chi connectivity index (χ0n) is 24.9. The van der Waals surface area contributed by atoms with Crippen molar-refractivity contribution in [3.63, 3.8) is 0 Å². The minimum Gasteiger partial charge on any atom is -0.507 e. The van der Waals surface area contributed by atoms with Crippen molar-refractivity contribution in [2.24, 2.45) is 0 Å². The maximum Gasteiger partial charge on any atom is 0.344 e. The number of nitrogens with zero attached hydrogens (tertiary/aromatic N) is 2. The summed E-state index contributed by atoms with van der Waals surface area (Å²) in [5.74, 6) is -0.102. The first kappa shape index (κ1) is 31.7. The van der Waals surface area contributed by atoms with Crippen molar-refractivity contribution in [2.75, 3.05) is 53.1 Å². The van der Waals surface area contributed by atoms with Gasteiger partial charge in [-0.1, -0.05) is 23.7 Å². The molecule has 45 heavy (non-hydrogen) atoms. The summed E-state index contributed by atoms with van der Waals surface area (Å²) < 4.78 is 27.5. The molecule has 0 atom stereocenters. The van der Waals surface area contributed by atoms with Gasteiger partial charge in [-0.25, -0.2) is 4.79 Å². The van der Waals surface area contributed by atoms with E-state index in [4.69, 9.17) is 35.0 Å². The molecule has 1 fully saturated rings. The summed E-state index contributed by atoms with van der Waals surface area (Å²) in [6.07, 6.45) is 0. The predicted molar refractivity (Wildman–Crippen MR) is 167 cm³/mol. The molecule has 1 N–H and O–H groups in total. The fourth-order valence-corrected chi connectivity index (χ4v) is 5.12. The highest BCUT2D eigenvalue weighted by Gasteiger charge is 2.22. The third-order valence-corrected chi connectivity index (χ3v) is 7.54. The molecule has 1 aliphatic heterocycles. The number of methoxy groups -OCH3 is 1. The number of hydrogen-bond donors (Lipinski definition) is 1. The number of fused-ring (bicyclic) bond motifs is 1. The summed E-state index contributed by atoms with van der Waals surface area (Å²) >= 11 is 5.98. The van der Waals surface area contributed by atoms with Gasteiger partial charge in [0.15, 0.2) is 30.1 Å². The maximum atomic E-state index is 13.0. The second-order valence-corrected chi connectivity index (χ2v) is 10.8. The van der Waals surface area contributed by atoms with Crippen molar-refractivity contribution >= 4 is 34.4 Å². The van der Waals surface area contributed by atoms with Crippen LogP contribution in [0.5, 0.6) is 23.0 Å². The molecule has 0 aliphatic carbocycles. The highest BCUT2D eigenvalue weighted by molar-refractivity contribution is 6.30. The molecule has 4 aromatic rings. The number of hydrogen-bond acceptors (Lipinski definition) is 10. The molecule has 0 saturated carbocycles. The average molecular weight is 637 g/mol. The average Bonchev–Trinajstić information content (AvgIpc) is 3.03. The molecule has 1 aliphatic rings. The fourth-order valence-electron chi connectivity index (χ4n) is 4.99. The number of halogens is 1. The van der Waals surface area contributed by atoms with Crippen LogP contribution in [0.1, 0.15) is 12.5 Å². The van der Waals surface area contributed by atoms with Crippen molar-refractivity contribution in [1.29, 1.82) is 0 Å². The lowest BCUT2D eigenvalue weighted by Crippen LogP contribution is -2.49. The molecule has 1 aromatic heterocycles. The van der Waals surface area contributed by atoms with E-state index in [1.54, 1.807) is 30.0 Å². The number of amides is 1. The summed E-state index contributed by atoms with van der Waals surface area (Å²) in [7, 11) is 1.46. The number of aromatic hydroxyl groups is 1. The second-order valence-electron chi connectivity index (χ2n) is 10.3. The number of carbonyl (C=O) groups excluding carboxylic acids is 2. The molecule has 0 radical (unpaired) electrons. The lowest BCUT2D eigenvalue weighted by atomic mass is 10.1. The highest BCUT2D eigenvalue weighted by Crippen LogP contribution is 2.35. The van der Waals surface area contributed by atoms with Crippen LogP contribution in [-0.2, 0) is 20.9 Å². The van der Waals surface area contributed by atoms with E-state index in [0.717, 1.165) is 25.2 Å². The number of piperazine rings is 1. The molecule has 3 aromatic carbocycles. The third-order valence-electron chi connectivity index (χ3n) is 7.29. The Morgan fingerprint density at radius 1 is 0.933 bits per heavy atom. The van der Waals surface area contributed by atoms with Crippen molar-refractivity contribution in [3.8, 4) is 34.3 Å². The van der Waals surface area contributed by atoms with Crippen LogP contribution in [0.2, 0.25) is 5.02 Å². The first-order chi connectivity index (χ1) is 21.7. The molecule has 236 valence electrons. The molecule has 0 bridgehead atoms. The van der Waals surface area contributed by atoms with E-state index in [-0.39, 0.29) is 59.7 Å². The third kappa shape index (κ3) is 7.86.